The molecule has 1 aliphatic rings. The van der Waals surface area contributed by atoms with Gasteiger partial charge in [0, 0.05) is 12.7 Å². The van der Waals surface area contributed by atoms with Crippen molar-refractivity contribution in [2.75, 3.05) is 11.9 Å². The van der Waals surface area contributed by atoms with E-state index in [1.165, 1.54) is 31.2 Å². The highest BCUT2D eigenvalue weighted by atomic mass is 19.1. The molecule has 4 rings (SSSR count). The summed E-state index contributed by atoms with van der Waals surface area (Å²) in [5.74, 6) is -0.383. The summed E-state index contributed by atoms with van der Waals surface area (Å²) >= 11 is 0. The van der Waals surface area contributed by atoms with Crippen molar-refractivity contribution in [3.63, 3.8) is 0 Å². The van der Waals surface area contributed by atoms with Crippen molar-refractivity contribution in [2.45, 2.75) is 38.1 Å². The first-order chi connectivity index (χ1) is 16.5. The number of benzene rings is 2. The molecule has 3 aromatic rings. The molecule has 1 atom stereocenters. The van der Waals surface area contributed by atoms with E-state index in [1.54, 1.807) is 24.3 Å². The van der Waals surface area contributed by atoms with Gasteiger partial charge in [0.15, 0.2) is 0 Å². The van der Waals surface area contributed by atoms with Crippen LogP contribution in [0.25, 0.3) is 11.1 Å². The summed E-state index contributed by atoms with van der Waals surface area (Å²) < 4.78 is 13.2. The van der Waals surface area contributed by atoms with E-state index < -0.39 is 5.97 Å². The van der Waals surface area contributed by atoms with Gasteiger partial charge in [-0.05, 0) is 59.7 Å². The molecule has 6 nitrogen and oxygen atoms in total. The number of hydrogen-bond acceptors (Lipinski definition) is 4. The van der Waals surface area contributed by atoms with Crippen LogP contribution in [0.2, 0.25) is 0 Å². The maximum atomic E-state index is 13.2. The Morgan fingerprint density at radius 3 is 2.21 bits per heavy atom. The number of carbonyl (C=O) groups is 2. The first-order valence-corrected chi connectivity index (χ1v) is 11.6. The van der Waals surface area contributed by atoms with E-state index in [0.29, 0.717) is 17.3 Å². The second-order valence-corrected chi connectivity index (χ2v) is 8.63. The van der Waals surface area contributed by atoms with Gasteiger partial charge in [-0.1, -0.05) is 49.2 Å². The lowest BCUT2D eigenvalue weighted by Gasteiger charge is -2.26. The monoisotopic (exact) mass is 461 g/mol. The normalized spacial score (nSPS) is 14.5. The van der Waals surface area contributed by atoms with Gasteiger partial charge in [0.2, 0.25) is 0 Å². The number of carboxylic acid groups (broad SMARTS) is 1. The number of anilines is 1. The number of carboxylic acids is 1. The maximum absolute atomic E-state index is 13.2. The number of pyridine rings is 1. The van der Waals surface area contributed by atoms with E-state index >= 15 is 0 Å². The van der Waals surface area contributed by atoms with E-state index in [-0.39, 0.29) is 30.7 Å². The zero-order valence-corrected chi connectivity index (χ0v) is 18.8. The van der Waals surface area contributed by atoms with E-state index in [9.17, 15) is 14.0 Å². The lowest BCUT2D eigenvalue weighted by Crippen LogP contribution is -2.26. The molecule has 0 bridgehead atoms. The van der Waals surface area contributed by atoms with Crippen LogP contribution >= 0.6 is 0 Å². The molecule has 0 spiro atoms. The Kier molecular flexibility index (Phi) is 7.52. The molecular formula is C27H28FN3O3. The molecule has 1 fully saturated rings. The van der Waals surface area contributed by atoms with E-state index in [2.05, 4.69) is 39.9 Å². The van der Waals surface area contributed by atoms with Crippen LogP contribution in [-0.4, -0.2) is 28.5 Å². The Morgan fingerprint density at radius 2 is 1.62 bits per heavy atom. The highest BCUT2D eigenvalue weighted by Crippen LogP contribution is 2.38. The second kappa shape index (κ2) is 10.9. The molecule has 3 N–H and O–H groups in total. The smallest absolute Gasteiger partial charge is 0.305 e. The van der Waals surface area contributed by atoms with Gasteiger partial charge < -0.3 is 15.7 Å². The minimum absolute atomic E-state index is 0.0752. The number of nitrogens with one attached hydrogen (secondary N) is 2. The van der Waals surface area contributed by atoms with Gasteiger partial charge in [-0.3, -0.25) is 9.59 Å². The Hall–Kier alpha value is -3.74. The largest absolute Gasteiger partial charge is 0.481 e. The molecular weight excluding hydrogens is 433 g/mol. The molecule has 0 aliphatic heterocycles. The summed E-state index contributed by atoms with van der Waals surface area (Å²) in [5.41, 5.74) is 3.55. The van der Waals surface area contributed by atoms with E-state index in [0.717, 1.165) is 29.5 Å². The molecule has 1 amide bonds. The molecule has 34 heavy (non-hydrogen) atoms. The molecule has 1 aromatic heterocycles. The number of hydrogen-bond donors (Lipinski definition) is 3. The van der Waals surface area contributed by atoms with Crippen LogP contribution in [0.1, 0.15) is 54.1 Å². The van der Waals surface area contributed by atoms with Gasteiger partial charge in [0.25, 0.3) is 5.91 Å². The van der Waals surface area contributed by atoms with Crippen molar-refractivity contribution in [3.8, 4) is 11.1 Å². The van der Waals surface area contributed by atoms with Crippen molar-refractivity contribution in [3.05, 3.63) is 83.8 Å². The summed E-state index contributed by atoms with van der Waals surface area (Å²) in [6, 6.07) is 18.4. The fourth-order valence-corrected chi connectivity index (χ4v) is 4.45. The summed E-state index contributed by atoms with van der Waals surface area (Å²) in [5, 5.41) is 14.8. The highest BCUT2D eigenvalue weighted by molar-refractivity contribution is 5.94. The fraction of sp³-hybridized carbons (Fsp3) is 0.296. The molecule has 0 unspecified atom stereocenters. The fourth-order valence-electron chi connectivity index (χ4n) is 4.45. The van der Waals surface area contributed by atoms with Gasteiger partial charge in [-0.25, -0.2) is 9.37 Å². The quantitative estimate of drug-likeness (QED) is 0.395. The van der Waals surface area contributed by atoms with Crippen molar-refractivity contribution in [1.29, 1.82) is 0 Å². The standard InChI is InChI=1S/C27H28FN3O3/c28-23-12-9-19(10-13-23)18-5-7-21(8-6-18)26(20-3-1-2-4-20)31-24-14-11-22(17-30-24)27(34)29-16-15-25(32)33/h5-14,17,20,26H,1-4,15-16H2,(H,29,34)(H,30,31)(H,32,33)/t26-/m1/s1. The predicted octanol–water partition coefficient (Wildman–Crippen LogP) is 5.44. The number of nitrogens with zero attached hydrogens (tertiary/aromatic N) is 1. The van der Waals surface area contributed by atoms with Crippen LogP contribution in [0.4, 0.5) is 10.2 Å². The van der Waals surface area contributed by atoms with Gasteiger partial charge in [0.1, 0.15) is 11.6 Å². The van der Waals surface area contributed by atoms with Crippen LogP contribution < -0.4 is 10.6 Å². The minimum Gasteiger partial charge on any atom is -0.481 e. The number of carbonyl (C=O) groups excluding carboxylic acids is 1. The van der Waals surface area contributed by atoms with Gasteiger partial charge >= 0.3 is 5.97 Å². The number of rotatable bonds is 9. The van der Waals surface area contributed by atoms with Crippen LogP contribution in [0, 0.1) is 11.7 Å². The summed E-state index contributed by atoms with van der Waals surface area (Å²) in [4.78, 5) is 27.2. The Balaban J connectivity index is 1.47. The lowest BCUT2D eigenvalue weighted by molar-refractivity contribution is -0.136. The number of aromatic nitrogens is 1. The van der Waals surface area contributed by atoms with Crippen LogP contribution in [-0.2, 0) is 4.79 Å². The average molecular weight is 462 g/mol. The molecule has 1 saturated carbocycles. The Labute approximate surface area is 198 Å². The molecule has 1 aliphatic carbocycles. The van der Waals surface area contributed by atoms with Crippen LogP contribution in [0.15, 0.2) is 66.9 Å². The molecule has 0 radical (unpaired) electrons. The third-order valence-corrected chi connectivity index (χ3v) is 6.27. The summed E-state index contributed by atoms with van der Waals surface area (Å²) in [7, 11) is 0. The third-order valence-electron chi connectivity index (χ3n) is 6.27. The van der Waals surface area contributed by atoms with Gasteiger partial charge in [-0.2, -0.15) is 0 Å². The molecule has 176 valence electrons. The molecule has 0 saturated heterocycles. The zero-order chi connectivity index (χ0) is 23.9. The summed E-state index contributed by atoms with van der Waals surface area (Å²) in [6.45, 7) is 0.0752. The number of aliphatic carboxylic acids is 1. The first kappa shape index (κ1) is 23.4. The van der Waals surface area contributed by atoms with Crippen LogP contribution in [0.3, 0.4) is 0 Å². The maximum Gasteiger partial charge on any atom is 0.305 e. The van der Waals surface area contributed by atoms with Crippen molar-refractivity contribution >= 4 is 17.7 Å². The van der Waals surface area contributed by atoms with Crippen molar-refractivity contribution in [1.82, 2.24) is 10.3 Å². The van der Waals surface area contributed by atoms with Gasteiger partial charge in [-0.15, -0.1) is 0 Å². The lowest BCUT2D eigenvalue weighted by atomic mass is 9.90. The SMILES string of the molecule is O=C(O)CCNC(=O)c1ccc(N[C@@H](c2ccc(-c3ccc(F)cc3)cc2)C2CCCC2)nc1. The predicted molar refractivity (Wildman–Crippen MR) is 129 cm³/mol. The third kappa shape index (κ3) is 5.98. The number of amides is 1. The minimum atomic E-state index is -0.957. The van der Waals surface area contributed by atoms with Crippen molar-refractivity contribution < 1.29 is 19.1 Å². The van der Waals surface area contributed by atoms with E-state index in [1.807, 2.05) is 0 Å². The topological polar surface area (TPSA) is 91.3 Å². The van der Waals surface area contributed by atoms with Crippen LogP contribution in [0.5, 0.6) is 0 Å². The Bertz CT molecular complexity index is 1110. The zero-order valence-electron chi connectivity index (χ0n) is 18.8. The van der Waals surface area contributed by atoms with Crippen molar-refractivity contribution in [2.24, 2.45) is 5.92 Å². The summed E-state index contributed by atoms with van der Waals surface area (Å²) in [6.07, 6.45) is 6.07. The van der Waals surface area contributed by atoms with Gasteiger partial charge in [0.05, 0.1) is 18.0 Å². The highest BCUT2D eigenvalue weighted by Gasteiger charge is 2.26. The van der Waals surface area contributed by atoms with E-state index in [4.69, 9.17) is 5.11 Å². The Morgan fingerprint density at radius 1 is 0.971 bits per heavy atom. The number of halogens is 1. The molecule has 1 heterocycles. The average Bonchev–Trinajstić information content (AvgIpc) is 3.38. The molecule has 2 aromatic carbocycles. The second-order valence-electron chi connectivity index (χ2n) is 8.63. The molecule has 7 heteroatoms. The first-order valence-electron chi connectivity index (χ1n) is 11.6.